The molecule has 144 valence electrons. The first-order chi connectivity index (χ1) is 10.2. The van der Waals surface area contributed by atoms with Gasteiger partial charge in [-0.1, -0.05) is 0 Å². The van der Waals surface area contributed by atoms with Gasteiger partial charge in [0.05, 0.1) is 6.42 Å². The molecule has 24 heavy (non-hydrogen) atoms. The maximum Gasteiger partial charge on any atom is 0.459 e. The predicted octanol–water partition coefficient (Wildman–Crippen LogP) is 4.29. The van der Waals surface area contributed by atoms with Crippen LogP contribution in [0.4, 0.5) is 57.1 Å². The van der Waals surface area contributed by atoms with E-state index < -0.39 is 60.7 Å². The molecule has 1 N–H and O–H groups in total. The lowest BCUT2D eigenvalue weighted by molar-refractivity contribution is -0.430. The third-order valence-electron chi connectivity index (χ3n) is 3.72. The summed E-state index contributed by atoms with van der Waals surface area (Å²) in [6, 6.07) is 0. The molecule has 0 spiro atoms. The number of aliphatic hydroxyl groups is 1. The van der Waals surface area contributed by atoms with Crippen molar-refractivity contribution in [3.05, 3.63) is 0 Å². The second kappa shape index (κ2) is 5.04. The van der Waals surface area contributed by atoms with E-state index in [4.69, 9.17) is 5.11 Å². The van der Waals surface area contributed by atoms with Crippen LogP contribution in [0.2, 0.25) is 0 Å². The van der Waals surface area contributed by atoms with Crippen molar-refractivity contribution >= 4 is 0 Å². The summed E-state index contributed by atoms with van der Waals surface area (Å²) in [6.45, 7) is -2.99. The van der Waals surface area contributed by atoms with Crippen LogP contribution < -0.4 is 0 Å². The standard InChI is InChI=1S/C10H7F13O/c11-3-4(12)1-5(24,7(15,16)2-6(4,13)14)8(17,18)9(19,20)10(21,22)23/h24H,1-3H2. The number of hydrogen-bond donors (Lipinski definition) is 1. The minimum absolute atomic E-state index is 2.99. The molecule has 1 aliphatic rings. The molecule has 1 saturated carbocycles. The van der Waals surface area contributed by atoms with Crippen LogP contribution in [0.1, 0.15) is 12.8 Å². The maximum atomic E-state index is 13.7. The highest BCUT2D eigenvalue weighted by Gasteiger charge is 2.88. The molecule has 0 aromatic carbocycles. The van der Waals surface area contributed by atoms with E-state index in [-0.39, 0.29) is 0 Å². The Bertz CT molecular complexity index is 497. The van der Waals surface area contributed by atoms with E-state index in [1.807, 2.05) is 0 Å². The van der Waals surface area contributed by atoms with Gasteiger partial charge in [0.2, 0.25) is 11.3 Å². The molecule has 14 heteroatoms. The molecule has 0 aromatic rings. The number of hydrogen-bond acceptors (Lipinski definition) is 1. The summed E-state index contributed by atoms with van der Waals surface area (Å²) in [5.74, 6) is -25.9. The SMILES string of the molecule is OC1(C(F)(F)C(F)(F)C(F)(F)F)CC(F)(CF)C(F)(F)CC1(F)F. The zero-order valence-corrected chi connectivity index (χ0v) is 11.0. The summed E-state index contributed by atoms with van der Waals surface area (Å²) in [5.41, 5.74) is -10.9. The summed E-state index contributed by atoms with van der Waals surface area (Å²) in [7, 11) is 0. The Hall–Kier alpha value is -0.950. The fourth-order valence-electron chi connectivity index (χ4n) is 2.17. The first kappa shape index (κ1) is 21.1. The minimum atomic E-state index is -7.35. The van der Waals surface area contributed by atoms with Gasteiger partial charge in [0.15, 0.2) is 0 Å². The van der Waals surface area contributed by atoms with Crippen LogP contribution in [-0.2, 0) is 0 Å². The van der Waals surface area contributed by atoms with Crippen molar-refractivity contribution in [1.82, 2.24) is 0 Å². The van der Waals surface area contributed by atoms with Crippen molar-refractivity contribution in [2.24, 2.45) is 0 Å². The average molecular weight is 390 g/mol. The minimum Gasteiger partial charge on any atom is -0.378 e. The molecule has 2 unspecified atom stereocenters. The normalized spacial score (nSPS) is 34.2. The van der Waals surface area contributed by atoms with Crippen LogP contribution in [0.15, 0.2) is 0 Å². The lowest BCUT2D eigenvalue weighted by Gasteiger charge is -2.51. The van der Waals surface area contributed by atoms with Crippen molar-refractivity contribution in [3.63, 3.8) is 0 Å². The van der Waals surface area contributed by atoms with E-state index >= 15 is 0 Å². The Morgan fingerprint density at radius 1 is 0.750 bits per heavy atom. The van der Waals surface area contributed by atoms with Crippen molar-refractivity contribution in [3.8, 4) is 0 Å². The molecule has 2 atom stereocenters. The van der Waals surface area contributed by atoms with Gasteiger partial charge in [-0.05, 0) is 0 Å². The van der Waals surface area contributed by atoms with Crippen molar-refractivity contribution in [1.29, 1.82) is 0 Å². The molecular formula is C10H7F13O. The van der Waals surface area contributed by atoms with E-state index in [0.717, 1.165) is 0 Å². The Balaban J connectivity index is 3.59. The predicted molar refractivity (Wildman–Crippen MR) is 49.8 cm³/mol. The molecule has 1 nitrogen and oxygen atoms in total. The highest BCUT2D eigenvalue weighted by Crippen LogP contribution is 2.63. The van der Waals surface area contributed by atoms with Crippen LogP contribution in [0.3, 0.4) is 0 Å². The summed E-state index contributed by atoms with van der Waals surface area (Å²) in [5, 5.41) is 9.10. The molecule has 0 aliphatic heterocycles. The summed E-state index contributed by atoms with van der Waals surface area (Å²) >= 11 is 0. The van der Waals surface area contributed by atoms with Gasteiger partial charge in [-0.3, -0.25) is 0 Å². The van der Waals surface area contributed by atoms with E-state index in [9.17, 15) is 57.1 Å². The van der Waals surface area contributed by atoms with Gasteiger partial charge in [-0.15, -0.1) is 0 Å². The Morgan fingerprint density at radius 2 is 1.17 bits per heavy atom. The van der Waals surface area contributed by atoms with Gasteiger partial charge in [0.25, 0.3) is 11.8 Å². The van der Waals surface area contributed by atoms with Gasteiger partial charge in [0.1, 0.15) is 6.67 Å². The molecule has 0 bridgehead atoms. The number of halogens is 13. The first-order valence-electron chi connectivity index (χ1n) is 5.78. The number of alkyl halides is 13. The molecule has 0 heterocycles. The molecule has 0 radical (unpaired) electrons. The third-order valence-corrected chi connectivity index (χ3v) is 3.72. The summed E-state index contributed by atoms with van der Waals surface area (Å²) in [4.78, 5) is 0. The average Bonchev–Trinajstić information content (AvgIpc) is 2.33. The van der Waals surface area contributed by atoms with Crippen molar-refractivity contribution < 1.29 is 62.2 Å². The highest BCUT2D eigenvalue weighted by atomic mass is 19.4. The van der Waals surface area contributed by atoms with Gasteiger partial charge >= 0.3 is 18.0 Å². The lowest BCUT2D eigenvalue weighted by Crippen LogP contribution is -2.76. The molecule has 1 fully saturated rings. The number of rotatable bonds is 3. The zero-order chi connectivity index (χ0) is 19.6. The van der Waals surface area contributed by atoms with Crippen molar-refractivity contribution in [2.45, 2.75) is 54.0 Å². The summed E-state index contributed by atoms with van der Waals surface area (Å²) < 4.78 is 168. The van der Waals surface area contributed by atoms with E-state index in [1.165, 1.54) is 0 Å². The van der Waals surface area contributed by atoms with Crippen LogP contribution in [-0.4, -0.2) is 52.9 Å². The Labute approximate surface area is 124 Å². The molecule has 1 rings (SSSR count). The first-order valence-corrected chi connectivity index (χ1v) is 5.78. The third kappa shape index (κ3) is 2.43. The highest BCUT2D eigenvalue weighted by molar-refractivity contribution is 5.20. The topological polar surface area (TPSA) is 20.2 Å². The quantitative estimate of drug-likeness (QED) is 0.713. The largest absolute Gasteiger partial charge is 0.459 e. The second-order valence-corrected chi connectivity index (χ2v) is 5.37. The molecule has 0 saturated heterocycles. The van der Waals surface area contributed by atoms with Crippen LogP contribution in [0.25, 0.3) is 0 Å². The van der Waals surface area contributed by atoms with Crippen LogP contribution in [0, 0.1) is 0 Å². The lowest BCUT2D eigenvalue weighted by atomic mass is 9.67. The van der Waals surface area contributed by atoms with Gasteiger partial charge in [0, 0.05) is 6.42 Å². The van der Waals surface area contributed by atoms with Crippen molar-refractivity contribution in [2.75, 3.05) is 6.67 Å². The smallest absolute Gasteiger partial charge is 0.378 e. The van der Waals surface area contributed by atoms with Gasteiger partial charge in [-0.2, -0.15) is 30.7 Å². The fraction of sp³-hybridized carbons (Fsp3) is 1.00. The van der Waals surface area contributed by atoms with E-state index in [0.29, 0.717) is 0 Å². The Kier molecular flexibility index (Phi) is 4.43. The van der Waals surface area contributed by atoms with E-state index in [2.05, 4.69) is 0 Å². The molecule has 1 aliphatic carbocycles. The van der Waals surface area contributed by atoms with Gasteiger partial charge in [-0.25, -0.2) is 26.3 Å². The maximum absolute atomic E-state index is 13.7. The fourth-order valence-corrected chi connectivity index (χ4v) is 2.17. The van der Waals surface area contributed by atoms with Gasteiger partial charge < -0.3 is 5.11 Å². The van der Waals surface area contributed by atoms with Crippen LogP contribution >= 0.6 is 0 Å². The molecule has 0 amide bonds. The molecular weight excluding hydrogens is 383 g/mol. The second-order valence-electron chi connectivity index (χ2n) is 5.37. The van der Waals surface area contributed by atoms with Crippen LogP contribution in [0.5, 0.6) is 0 Å². The summed E-state index contributed by atoms with van der Waals surface area (Å²) in [6.07, 6.45) is -14.0. The monoisotopic (exact) mass is 390 g/mol. The zero-order valence-electron chi connectivity index (χ0n) is 11.0. The Morgan fingerprint density at radius 3 is 1.50 bits per heavy atom. The van der Waals surface area contributed by atoms with E-state index in [1.54, 1.807) is 0 Å². The molecule has 0 aromatic heterocycles.